The molecule has 3 heterocycles. The molecule has 15 rings (SSSR count). The molecule has 0 N–H and O–H groups in total. The Hall–Kier alpha value is -11.1. The zero-order valence-electron chi connectivity index (χ0n) is 46.4. The van der Waals surface area contributed by atoms with Gasteiger partial charge in [-0.25, -0.2) is 4.98 Å². The number of fused-ring (bicyclic) bond motifs is 4. The first-order chi connectivity index (χ1) is 41.5. The van der Waals surface area contributed by atoms with Gasteiger partial charge in [0.15, 0.2) is 0 Å². The van der Waals surface area contributed by atoms with Gasteiger partial charge in [-0.2, -0.15) is 0 Å². The van der Waals surface area contributed by atoms with E-state index in [1.807, 2.05) is 12.3 Å². The van der Waals surface area contributed by atoms with Gasteiger partial charge in [-0.15, -0.1) is 0 Å². The predicted octanol–water partition coefficient (Wildman–Crippen LogP) is 19.4. The summed E-state index contributed by atoms with van der Waals surface area (Å²) < 4.78 is 15.8. The first-order valence-corrected chi connectivity index (χ1v) is 28.5. The molecule has 398 valence electrons. The molecule has 0 radical (unpaired) electrons. The number of rotatable bonds is 12. The molecule has 0 spiro atoms. The quantitative estimate of drug-likeness (QED) is 0.0904. The molecule has 0 amide bonds. The third-order valence-corrected chi connectivity index (χ3v) is 16.2. The second kappa shape index (κ2) is 21.1. The Morgan fingerprint density at radius 1 is 0.381 bits per heavy atom. The molecule has 0 atom stereocenters. The standard InChI is InChI=1S/C78H55N5O/c1-53-22-19-23-54(2)76(53)80-43-42-79-78(80)83-72-37-16-15-34-70(72)71-41-40-67(51-75(71)83)84-66-33-20-32-65(50-66)81-52-82(74-39-18-17-38-73(74)81)77-68(63-46-59(55-24-7-3-8-25-55)44-60(47-63)56-26-9-4-10-27-56)35-21-36-69(77)64-48-61(57-28-11-5-12-29-57)45-62(49-64)58-30-13-6-14-31-58/h3-51H,1-2H3. The number of ether oxygens (including phenoxy) is 1. The topological polar surface area (TPSA) is 40.8 Å². The minimum Gasteiger partial charge on any atom is -0.458 e. The molecule has 0 saturated heterocycles. The van der Waals surface area contributed by atoms with Gasteiger partial charge >= 0.3 is 0 Å². The smallest absolute Gasteiger partial charge is 0.269 e. The van der Waals surface area contributed by atoms with Crippen LogP contribution in [0.1, 0.15) is 11.1 Å². The highest BCUT2D eigenvalue weighted by atomic mass is 16.5. The van der Waals surface area contributed by atoms with Gasteiger partial charge in [-0.1, -0.05) is 206 Å². The van der Waals surface area contributed by atoms with Crippen molar-refractivity contribution in [3.05, 3.63) is 315 Å². The maximum atomic E-state index is 6.94. The third kappa shape index (κ3) is 9.03. The summed E-state index contributed by atoms with van der Waals surface area (Å²) in [6.07, 6.45) is 7.91. The first kappa shape index (κ1) is 49.9. The Balaban J connectivity index is 0.904. The average molecular weight is 1080 g/mol. The van der Waals surface area contributed by atoms with Gasteiger partial charge in [0.25, 0.3) is 6.33 Å². The largest absolute Gasteiger partial charge is 0.458 e. The number of aromatic nitrogens is 5. The Bertz CT molecular complexity index is 4660. The van der Waals surface area contributed by atoms with Crippen molar-refractivity contribution in [3.8, 4) is 101 Å². The molecule has 6 heteroatoms. The molecular weight excluding hydrogens is 1020 g/mol. The number of para-hydroxylation sites is 5. The van der Waals surface area contributed by atoms with Crippen LogP contribution in [0.5, 0.6) is 11.5 Å². The van der Waals surface area contributed by atoms with E-state index in [0.717, 1.165) is 123 Å². The summed E-state index contributed by atoms with van der Waals surface area (Å²) >= 11 is 0. The SMILES string of the molecule is Cc1cccc(C)c1-n1ccnc1-n1c2ccccc2c2ccc(Oc3cccc(-n4[c-][n+](-c5c(-c6cc(-c7ccccc7)cc(-c7ccccc7)c6)cccc5-c5cc(-c6ccccc6)cc(-c6ccccc6)c5)c5ccccc54)c3)cc21. The van der Waals surface area contributed by atoms with Crippen LogP contribution in [-0.2, 0) is 0 Å². The Labute approximate surface area is 488 Å². The number of aryl methyl sites for hydroxylation is 2. The van der Waals surface area contributed by atoms with Crippen molar-refractivity contribution in [1.82, 2.24) is 18.7 Å². The van der Waals surface area contributed by atoms with Gasteiger partial charge in [0, 0.05) is 29.2 Å². The Kier molecular flexibility index (Phi) is 12.5. The van der Waals surface area contributed by atoms with Crippen LogP contribution in [0.15, 0.2) is 298 Å². The molecule has 0 unspecified atom stereocenters. The monoisotopic (exact) mass is 1080 g/mol. The fourth-order valence-corrected chi connectivity index (χ4v) is 12.3. The minimum atomic E-state index is 0.697. The molecule has 15 aromatic rings. The van der Waals surface area contributed by atoms with E-state index in [-0.39, 0.29) is 0 Å². The van der Waals surface area contributed by atoms with Crippen LogP contribution in [0.4, 0.5) is 0 Å². The first-order valence-electron chi connectivity index (χ1n) is 28.5. The molecule has 0 aliphatic heterocycles. The number of hydrogen-bond donors (Lipinski definition) is 0. The van der Waals surface area contributed by atoms with Crippen molar-refractivity contribution in [1.29, 1.82) is 0 Å². The Morgan fingerprint density at radius 3 is 1.44 bits per heavy atom. The van der Waals surface area contributed by atoms with Crippen molar-refractivity contribution in [2.45, 2.75) is 13.8 Å². The summed E-state index contributed by atoms with van der Waals surface area (Å²) in [4.78, 5) is 5.01. The number of imidazole rings is 2. The van der Waals surface area contributed by atoms with Crippen molar-refractivity contribution in [2.75, 3.05) is 0 Å². The summed E-state index contributed by atoms with van der Waals surface area (Å²) in [6, 6.07) is 102. The predicted molar refractivity (Wildman–Crippen MR) is 344 cm³/mol. The molecule has 0 saturated carbocycles. The second-order valence-corrected chi connectivity index (χ2v) is 21.5. The number of benzene rings is 12. The normalized spacial score (nSPS) is 11.5. The highest BCUT2D eigenvalue weighted by Gasteiger charge is 2.23. The van der Waals surface area contributed by atoms with Gasteiger partial charge in [0.2, 0.25) is 5.95 Å². The molecule has 6 nitrogen and oxygen atoms in total. The molecule has 12 aromatic carbocycles. The lowest BCUT2D eigenvalue weighted by Crippen LogP contribution is -2.31. The highest BCUT2D eigenvalue weighted by Crippen LogP contribution is 2.42. The van der Waals surface area contributed by atoms with E-state index < -0.39 is 0 Å². The lowest BCUT2D eigenvalue weighted by Gasteiger charge is -2.20. The van der Waals surface area contributed by atoms with Crippen molar-refractivity contribution in [3.63, 3.8) is 0 Å². The maximum Gasteiger partial charge on any atom is 0.269 e. The van der Waals surface area contributed by atoms with E-state index in [4.69, 9.17) is 9.72 Å². The van der Waals surface area contributed by atoms with Crippen LogP contribution in [0.3, 0.4) is 0 Å². The fraction of sp³-hybridized carbons (Fsp3) is 0.0256. The van der Waals surface area contributed by atoms with Crippen LogP contribution >= 0.6 is 0 Å². The maximum absolute atomic E-state index is 6.94. The number of nitrogens with zero attached hydrogens (tertiary/aromatic N) is 5. The molecule has 0 aliphatic rings. The van der Waals surface area contributed by atoms with E-state index in [1.165, 1.54) is 11.1 Å². The van der Waals surface area contributed by atoms with Crippen LogP contribution in [0, 0.1) is 20.2 Å². The molecule has 0 bridgehead atoms. The van der Waals surface area contributed by atoms with E-state index in [9.17, 15) is 0 Å². The summed E-state index contributed by atoms with van der Waals surface area (Å²) in [6.45, 7) is 4.31. The molecular formula is C78H55N5O. The van der Waals surface area contributed by atoms with E-state index in [1.54, 1.807) is 0 Å². The van der Waals surface area contributed by atoms with Crippen molar-refractivity contribution >= 4 is 32.8 Å². The van der Waals surface area contributed by atoms with Gasteiger partial charge in [0.05, 0.1) is 39.1 Å². The summed E-state index contributed by atoms with van der Waals surface area (Å²) in [5.41, 5.74) is 22.9. The van der Waals surface area contributed by atoms with Gasteiger partial charge in [-0.3, -0.25) is 18.3 Å². The third-order valence-electron chi connectivity index (χ3n) is 16.2. The van der Waals surface area contributed by atoms with E-state index >= 15 is 0 Å². The summed E-state index contributed by atoms with van der Waals surface area (Å²) in [7, 11) is 0. The average Bonchev–Trinajstić information content (AvgIpc) is 2.05. The van der Waals surface area contributed by atoms with E-state index in [0.29, 0.717) is 11.5 Å². The van der Waals surface area contributed by atoms with Gasteiger partial charge < -0.3 is 4.74 Å². The number of hydrogen-bond acceptors (Lipinski definition) is 2. The molecule has 3 aromatic heterocycles. The van der Waals surface area contributed by atoms with Gasteiger partial charge in [-0.05, 0) is 165 Å². The van der Waals surface area contributed by atoms with Crippen LogP contribution in [-0.4, -0.2) is 18.7 Å². The highest BCUT2D eigenvalue weighted by molar-refractivity contribution is 6.09. The second-order valence-electron chi connectivity index (χ2n) is 21.5. The molecule has 0 aliphatic carbocycles. The lowest BCUT2D eigenvalue weighted by molar-refractivity contribution is -0.571. The lowest BCUT2D eigenvalue weighted by atomic mass is 9.89. The molecule has 84 heavy (non-hydrogen) atoms. The van der Waals surface area contributed by atoms with E-state index in [2.05, 4.69) is 324 Å². The fourth-order valence-electron chi connectivity index (χ4n) is 12.3. The van der Waals surface area contributed by atoms with Crippen molar-refractivity contribution in [2.24, 2.45) is 0 Å². The summed E-state index contributed by atoms with van der Waals surface area (Å²) in [5, 5.41) is 2.26. The Morgan fingerprint density at radius 2 is 0.857 bits per heavy atom. The molecule has 0 fully saturated rings. The van der Waals surface area contributed by atoms with Gasteiger partial charge in [0.1, 0.15) is 11.5 Å². The zero-order valence-corrected chi connectivity index (χ0v) is 46.4. The van der Waals surface area contributed by atoms with Crippen LogP contribution in [0.25, 0.3) is 123 Å². The summed E-state index contributed by atoms with van der Waals surface area (Å²) in [5.74, 6) is 2.22. The minimum absolute atomic E-state index is 0.697. The van der Waals surface area contributed by atoms with Crippen LogP contribution < -0.4 is 9.30 Å². The van der Waals surface area contributed by atoms with Crippen LogP contribution in [0.2, 0.25) is 0 Å². The van der Waals surface area contributed by atoms with Crippen molar-refractivity contribution < 1.29 is 9.30 Å². The zero-order chi connectivity index (χ0) is 56.1.